The second kappa shape index (κ2) is 10.3. The van der Waals surface area contributed by atoms with Crippen molar-refractivity contribution in [2.45, 2.75) is 19.2 Å². The summed E-state index contributed by atoms with van der Waals surface area (Å²) in [6, 6.07) is 22.0. The third-order valence-corrected chi connectivity index (χ3v) is 6.39. The summed E-state index contributed by atoms with van der Waals surface area (Å²) in [6.07, 6.45) is 1.31. The second-order valence-electron chi connectivity index (χ2n) is 8.95. The Morgan fingerprint density at radius 2 is 1.67 bits per heavy atom. The van der Waals surface area contributed by atoms with Gasteiger partial charge in [-0.05, 0) is 29.3 Å². The van der Waals surface area contributed by atoms with E-state index in [1.807, 2.05) is 65.2 Å². The van der Waals surface area contributed by atoms with Crippen LogP contribution in [0, 0.1) is 17.6 Å². The molecule has 1 atom stereocenters. The minimum Gasteiger partial charge on any atom is -0.445 e. The predicted molar refractivity (Wildman–Crippen MR) is 132 cm³/mol. The molecule has 5 rings (SSSR count). The molecule has 1 saturated heterocycles. The van der Waals surface area contributed by atoms with Crippen LogP contribution in [0.1, 0.15) is 23.0 Å². The molecule has 6 nitrogen and oxygen atoms in total. The van der Waals surface area contributed by atoms with Crippen molar-refractivity contribution < 1.29 is 18.3 Å². The van der Waals surface area contributed by atoms with Crippen LogP contribution in [-0.4, -0.2) is 33.6 Å². The molecular formula is C28H26F2N4O2. The number of hydrogen-bond acceptors (Lipinski definition) is 4. The van der Waals surface area contributed by atoms with Crippen molar-refractivity contribution in [2.75, 3.05) is 13.1 Å². The summed E-state index contributed by atoms with van der Waals surface area (Å²) < 4.78 is 35.6. The van der Waals surface area contributed by atoms with Crippen LogP contribution >= 0.6 is 0 Å². The van der Waals surface area contributed by atoms with E-state index in [2.05, 4.69) is 4.98 Å². The number of halogens is 2. The number of aromatic nitrogens is 2. The fourth-order valence-electron chi connectivity index (χ4n) is 4.34. The smallest absolute Gasteiger partial charge is 0.410 e. The van der Waals surface area contributed by atoms with Gasteiger partial charge in [-0.3, -0.25) is 0 Å². The Kier molecular flexibility index (Phi) is 6.77. The Bertz CT molecular complexity index is 1340. The molecule has 1 fully saturated rings. The lowest BCUT2D eigenvalue weighted by atomic mass is 9.92. The van der Waals surface area contributed by atoms with E-state index < -0.39 is 23.8 Å². The monoisotopic (exact) mass is 488 g/mol. The Balaban J connectivity index is 1.32. The van der Waals surface area contributed by atoms with Crippen molar-refractivity contribution in [1.82, 2.24) is 14.5 Å². The zero-order valence-corrected chi connectivity index (χ0v) is 19.6. The number of rotatable bonds is 7. The lowest BCUT2D eigenvalue weighted by Crippen LogP contribution is -2.54. The first kappa shape index (κ1) is 23.7. The third kappa shape index (κ3) is 5.13. The van der Waals surface area contributed by atoms with Crippen LogP contribution in [-0.2, 0) is 17.9 Å². The summed E-state index contributed by atoms with van der Waals surface area (Å²) in [7, 11) is 0. The fourth-order valence-corrected chi connectivity index (χ4v) is 4.34. The topological polar surface area (TPSA) is 73.4 Å². The van der Waals surface area contributed by atoms with E-state index in [1.165, 1.54) is 0 Å². The van der Waals surface area contributed by atoms with Gasteiger partial charge in [0.2, 0.25) is 0 Å². The molecule has 1 aliphatic heterocycles. The number of carbonyl (C=O) groups is 1. The van der Waals surface area contributed by atoms with Crippen LogP contribution in [0.3, 0.4) is 0 Å². The fraction of sp³-hybridized carbons (Fsp3) is 0.214. The van der Waals surface area contributed by atoms with Gasteiger partial charge in [0.25, 0.3) is 0 Å². The summed E-state index contributed by atoms with van der Waals surface area (Å²) in [4.78, 5) is 18.7. The van der Waals surface area contributed by atoms with Crippen LogP contribution in [0.25, 0.3) is 11.3 Å². The lowest BCUT2D eigenvalue weighted by Gasteiger charge is -2.41. The van der Waals surface area contributed by atoms with Crippen LogP contribution in [0.5, 0.6) is 0 Å². The van der Waals surface area contributed by atoms with Gasteiger partial charge in [0.15, 0.2) is 0 Å². The number of ether oxygens (including phenoxy) is 1. The van der Waals surface area contributed by atoms with Gasteiger partial charge >= 0.3 is 6.09 Å². The van der Waals surface area contributed by atoms with Gasteiger partial charge in [0.1, 0.15) is 24.1 Å². The van der Waals surface area contributed by atoms with Gasteiger partial charge in [0.05, 0.1) is 11.7 Å². The van der Waals surface area contributed by atoms with Gasteiger partial charge < -0.3 is 19.9 Å². The lowest BCUT2D eigenvalue weighted by molar-refractivity contribution is 0.0407. The number of likely N-dealkylation sites (tertiary alicyclic amines) is 1. The van der Waals surface area contributed by atoms with E-state index >= 15 is 0 Å². The molecule has 0 unspecified atom stereocenters. The first-order valence-electron chi connectivity index (χ1n) is 11.8. The molecule has 0 saturated carbocycles. The molecule has 4 aromatic rings. The van der Waals surface area contributed by atoms with Crippen molar-refractivity contribution >= 4 is 6.09 Å². The highest BCUT2D eigenvalue weighted by Gasteiger charge is 2.38. The van der Waals surface area contributed by atoms with Gasteiger partial charge in [-0.25, -0.2) is 18.6 Å². The molecule has 0 bridgehead atoms. The number of hydrogen-bond donors (Lipinski definition) is 1. The van der Waals surface area contributed by atoms with E-state index in [9.17, 15) is 13.6 Å². The molecule has 1 amide bonds. The summed E-state index contributed by atoms with van der Waals surface area (Å²) in [6.45, 7) is 1.54. The van der Waals surface area contributed by atoms with Gasteiger partial charge in [-0.1, -0.05) is 60.7 Å². The molecule has 184 valence electrons. The van der Waals surface area contributed by atoms with E-state index in [0.29, 0.717) is 31.2 Å². The van der Waals surface area contributed by atoms with Gasteiger partial charge in [-0.15, -0.1) is 0 Å². The molecule has 36 heavy (non-hydrogen) atoms. The highest BCUT2D eigenvalue weighted by atomic mass is 19.1. The molecule has 1 aromatic heterocycles. The number of imidazole rings is 1. The standard InChI is InChI=1S/C28H26F2N4O2/c29-22-11-12-24(30)23(13-22)25-17-33(14-19-7-3-1-4-8-19)27(32-25)26(31)21-15-34(16-21)28(35)36-18-20-9-5-2-6-10-20/h1-13,17,21,26H,14-16,18,31H2/t26-/m0/s1. The van der Waals surface area contributed by atoms with E-state index in [4.69, 9.17) is 10.5 Å². The molecule has 0 aliphatic carbocycles. The van der Waals surface area contributed by atoms with Crippen LogP contribution < -0.4 is 5.73 Å². The van der Waals surface area contributed by atoms with E-state index in [0.717, 1.165) is 29.3 Å². The maximum atomic E-state index is 14.5. The normalized spacial score (nSPS) is 14.4. The molecule has 2 N–H and O–H groups in total. The Morgan fingerprint density at radius 3 is 2.36 bits per heavy atom. The van der Waals surface area contributed by atoms with Crippen molar-refractivity contribution in [2.24, 2.45) is 11.7 Å². The van der Waals surface area contributed by atoms with E-state index in [-0.39, 0.29) is 18.1 Å². The maximum Gasteiger partial charge on any atom is 0.410 e. The number of amides is 1. The molecule has 8 heteroatoms. The Labute approximate surface area is 207 Å². The summed E-state index contributed by atoms with van der Waals surface area (Å²) in [5, 5.41) is 0. The zero-order valence-electron chi connectivity index (χ0n) is 19.6. The van der Waals surface area contributed by atoms with E-state index in [1.54, 1.807) is 11.1 Å². The van der Waals surface area contributed by atoms with Crippen LogP contribution in [0.4, 0.5) is 13.6 Å². The second-order valence-corrected chi connectivity index (χ2v) is 8.95. The molecular weight excluding hydrogens is 462 g/mol. The van der Waals surface area contributed by atoms with Crippen molar-refractivity contribution in [3.63, 3.8) is 0 Å². The summed E-state index contributed by atoms with van der Waals surface area (Å²) in [5.74, 6) is -0.591. The number of carbonyl (C=O) groups excluding carboxylic acids is 1. The predicted octanol–water partition coefficient (Wildman–Crippen LogP) is 5.15. The highest BCUT2D eigenvalue weighted by Crippen LogP contribution is 2.31. The largest absolute Gasteiger partial charge is 0.445 e. The van der Waals surface area contributed by atoms with Crippen molar-refractivity contribution in [1.29, 1.82) is 0 Å². The molecule has 2 heterocycles. The Hall–Kier alpha value is -4.04. The SMILES string of the molecule is N[C@H](c1nc(-c2cc(F)ccc2F)cn1Cc1ccccc1)C1CN(C(=O)OCc2ccccc2)C1. The molecule has 0 radical (unpaired) electrons. The van der Waals surface area contributed by atoms with Gasteiger partial charge in [0, 0.05) is 37.3 Å². The quantitative estimate of drug-likeness (QED) is 0.391. The average molecular weight is 489 g/mol. The maximum absolute atomic E-state index is 14.5. The highest BCUT2D eigenvalue weighted by molar-refractivity contribution is 5.68. The summed E-state index contributed by atoms with van der Waals surface area (Å²) in [5.41, 5.74) is 8.94. The van der Waals surface area contributed by atoms with Crippen molar-refractivity contribution in [3.05, 3.63) is 114 Å². The van der Waals surface area contributed by atoms with Gasteiger partial charge in [-0.2, -0.15) is 0 Å². The molecule has 0 spiro atoms. The minimum absolute atomic E-state index is 0.0450. The minimum atomic E-state index is -0.558. The first-order valence-corrected chi connectivity index (χ1v) is 11.8. The van der Waals surface area contributed by atoms with Crippen LogP contribution in [0.2, 0.25) is 0 Å². The molecule has 1 aliphatic rings. The van der Waals surface area contributed by atoms with Crippen LogP contribution in [0.15, 0.2) is 85.1 Å². The number of nitrogens with zero attached hydrogens (tertiary/aromatic N) is 3. The average Bonchev–Trinajstić information content (AvgIpc) is 3.28. The Morgan fingerprint density at radius 1 is 1.00 bits per heavy atom. The number of nitrogens with two attached hydrogens (primary N) is 1. The zero-order chi connectivity index (χ0) is 25.1. The molecule has 3 aromatic carbocycles. The third-order valence-electron chi connectivity index (χ3n) is 6.39. The van der Waals surface area contributed by atoms with Crippen molar-refractivity contribution in [3.8, 4) is 11.3 Å². The summed E-state index contributed by atoms with van der Waals surface area (Å²) >= 11 is 0. The first-order chi connectivity index (χ1) is 17.5. The number of benzene rings is 3.